The molecule has 2 aromatic rings. The molecule has 0 aliphatic rings. The average molecular weight is 314 g/mol. The van der Waals surface area contributed by atoms with E-state index in [0.29, 0.717) is 0 Å². The van der Waals surface area contributed by atoms with Gasteiger partial charge in [0.05, 0.1) is 22.6 Å². The summed E-state index contributed by atoms with van der Waals surface area (Å²) in [7, 11) is 1.71. The molecule has 0 fully saturated rings. The van der Waals surface area contributed by atoms with Crippen molar-refractivity contribution in [3.63, 3.8) is 0 Å². The highest BCUT2D eigenvalue weighted by Crippen LogP contribution is 2.30. The lowest BCUT2D eigenvalue weighted by atomic mass is 10.1. The molecule has 2 rings (SSSR count). The molecule has 104 valence electrons. The zero-order valence-corrected chi connectivity index (χ0v) is 11.7. The second-order valence-corrected chi connectivity index (χ2v) is 4.84. The van der Waals surface area contributed by atoms with Gasteiger partial charge in [-0.25, -0.2) is 9.78 Å². The number of hydrogen-bond donors (Lipinski definition) is 2. The van der Waals surface area contributed by atoms with Crippen molar-refractivity contribution in [1.29, 1.82) is 0 Å². The van der Waals surface area contributed by atoms with E-state index in [4.69, 9.17) is 28.3 Å². The van der Waals surface area contributed by atoms with E-state index in [9.17, 15) is 9.59 Å². The van der Waals surface area contributed by atoms with E-state index < -0.39 is 11.9 Å². The first kappa shape index (κ1) is 14.4. The number of carboxylic acids is 1. The molecule has 0 aliphatic carbocycles. The summed E-state index contributed by atoms with van der Waals surface area (Å²) in [6.07, 6.45) is 2.95. The first-order valence-corrected chi connectivity index (χ1v) is 6.15. The largest absolute Gasteiger partial charge is 0.478 e. The monoisotopic (exact) mass is 313 g/mol. The number of imidazole rings is 1. The Morgan fingerprint density at radius 3 is 2.60 bits per heavy atom. The molecule has 1 heterocycles. The van der Waals surface area contributed by atoms with Crippen LogP contribution >= 0.6 is 23.2 Å². The standard InChI is InChI=1S/C12H9Cl2N3O3/c1-17-4-9(15-5-17)11(18)16-10-7(12(19)20)2-6(13)3-8(10)14/h2-5H,1H3,(H,16,18)(H,19,20). The van der Waals surface area contributed by atoms with E-state index in [0.717, 1.165) is 0 Å². The molecule has 0 spiro atoms. The van der Waals surface area contributed by atoms with Crippen molar-refractivity contribution in [3.05, 3.63) is 46.0 Å². The zero-order chi connectivity index (χ0) is 14.9. The van der Waals surface area contributed by atoms with Gasteiger partial charge in [0, 0.05) is 18.3 Å². The molecule has 0 saturated heterocycles. The van der Waals surface area contributed by atoms with Gasteiger partial charge < -0.3 is 15.0 Å². The Morgan fingerprint density at radius 2 is 2.05 bits per heavy atom. The molecule has 1 amide bonds. The fourth-order valence-electron chi connectivity index (χ4n) is 1.58. The highest BCUT2D eigenvalue weighted by atomic mass is 35.5. The number of anilines is 1. The number of nitrogens with zero attached hydrogens (tertiary/aromatic N) is 2. The molecule has 0 bridgehead atoms. The third kappa shape index (κ3) is 2.92. The van der Waals surface area contributed by atoms with Crippen molar-refractivity contribution >= 4 is 40.8 Å². The van der Waals surface area contributed by atoms with Gasteiger partial charge in [0.25, 0.3) is 5.91 Å². The van der Waals surface area contributed by atoms with Gasteiger partial charge in [-0.2, -0.15) is 0 Å². The lowest BCUT2D eigenvalue weighted by Crippen LogP contribution is -2.15. The van der Waals surface area contributed by atoms with Crippen molar-refractivity contribution in [2.75, 3.05) is 5.32 Å². The molecule has 1 aromatic heterocycles. The molecule has 8 heteroatoms. The molecule has 2 N–H and O–H groups in total. The number of rotatable bonds is 3. The number of benzene rings is 1. The minimum Gasteiger partial charge on any atom is -0.478 e. The topological polar surface area (TPSA) is 84.2 Å². The second-order valence-electron chi connectivity index (χ2n) is 3.99. The number of carboxylic acid groups (broad SMARTS) is 1. The van der Waals surface area contributed by atoms with Crippen LogP contribution in [0.2, 0.25) is 10.0 Å². The number of hydrogen-bond acceptors (Lipinski definition) is 3. The third-order valence-corrected chi connectivity index (χ3v) is 2.98. The van der Waals surface area contributed by atoms with Crippen LogP contribution in [0.4, 0.5) is 5.69 Å². The summed E-state index contributed by atoms with van der Waals surface area (Å²) in [4.78, 5) is 27.0. The second kappa shape index (κ2) is 5.52. The minimum absolute atomic E-state index is 0.0146. The number of carbonyl (C=O) groups is 2. The molecular formula is C12H9Cl2N3O3. The summed E-state index contributed by atoms with van der Waals surface area (Å²) in [6.45, 7) is 0. The van der Waals surface area contributed by atoms with Gasteiger partial charge in [-0.15, -0.1) is 0 Å². The number of aromatic carboxylic acids is 1. The van der Waals surface area contributed by atoms with Crippen LogP contribution in [0.15, 0.2) is 24.7 Å². The summed E-state index contributed by atoms with van der Waals surface area (Å²) >= 11 is 11.7. The molecule has 0 saturated carbocycles. The Balaban J connectivity index is 2.38. The quantitative estimate of drug-likeness (QED) is 0.912. The fraction of sp³-hybridized carbons (Fsp3) is 0.0833. The molecule has 0 unspecified atom stereocenters. The highest BCUT2D eigenvalue weighted by Gasteiger charge is 2.18. The number of halogens is 2. The van der Waals surface area contributed by atoms with Crippen LogP contribution in [-0.4, -0.2) is 26.5 Å². The lowest BCUT2D eigenvalue weighted by Gasteiger charge is -2.10. The summed E-state index contributed by atoms with van der Waals surface area (Å²) in [5.74, 6) is -1.80. The van der Waals surface area contributed by atoms with Crippen LogP contribution in [0.5, 0.6) is 0 Å². The van der Waals surface area contributed by atoms with Gasteiger partial charge >= 0.3 is 5.97 Å². The Bertz CT molecular complexity index is 697. The molecule has 1 aromatic carbocycles. The van der Waals surface area contributed by atoms with Crippen LogP contribution in [0.25, 0.3) is 0 Å². The maximum absolute atomic E-state index is 12.0. The molecule has 0 aliphatic heterocycles. The predicted octanol–water partition coefficient (Wildman–Crippen LogP) is 2.68. The smallest absolute Gasteiger partial charge is 0.337 e. The van der Waals surface area contributed by atoms with Crippen molar-refractivity contribution in [1.82, 2.24) is 9.55 Å². The maximum Gasteiger partial charge on any atom is 0.337 e. The van der Waals surface area contributed by atoms with Crippen LogP contribution in [0.1, 0.15) is 20.8 Å². The van der Waals surface area contributed by atoms with E-state index in [1.54, 1.807) is 11.6 Å². The van der Waals surface area contributed by atoms with E-state index >= 15 is 0 Å². The molecular weight excluding hydrogens is 305 g/mol. The predicted molar refractivity (Wildman–Crippen MR) is 74.6 cm³/mol. The normalized spacial score (nSPS) is 10.3. The van der Waals surface area contributed by atoms with Gasteiger partial charge in [-0.3, -0.25) is 4.79 Å². The zero-order valence-electron chi connectivity index (χ0n) is 10.2. The van der Waals surface area contributed by atoms with Gasteiger partial charge in [0.2, 0.25) is 0 Å². The van der Waals surface area contributed by atoms with Crippen molar-refractivity contribution in [3.8, 4) is 0 Å². The molecule has 6 nitrogen and oxygen atoms in total. The molecule has 0 radical (unpaired) electrons. The first-order chi connectivity index (χ1) is 9.38. The SMILES string of the molecule is Cn1cnc(C(=O)Nc2c(Cl)cc(Cl)cc2C(=O)O)c1. The summed E-state index contributed by atoms with van der Waals surface area (Å²) in [5, 5.41) is 11.8. The Morgan fingerprint density at radius 1 is 1.35 bits per heavy atom. The van der Waals surface area contributed by atoms with Crippen LogP contribution < -0.4 is 5.32 Å². The van der Waals surface area contributed by atoms with E-state index in [-0.39, 0.29) is 27.0 Å². The summed E-state index contributed by atoms with van der Waals surface area (Å²) in [6, 6.07) is 2.56. The van der Waals surface area contributed by atoms with Gasteiger partial charge in [0.15, 0.2) is 0 Å². The van der Waals surface area contributed by atoms with Gasteiger partial charge in [0.1, 0.15) is 5.69 Å². The van der Waals surface area contributed by atoms with Crippen molar-refractivity contribution < 1.29 is 14.7 Å². The molecule has 0 atom stereocenters. The highest BCUT2D eigenvalue weighted by molar-refractivity contribution is 6.38. The van der Waals surface area contributed by atoms with Gasteiger partial charge in [-0.05, 0) is 12.1 Å². The van der Waals surface area contributed by atoms with Gasteiger partial charge in [-0.1, -0.05) is 23.2 Å². The number of carbonyl (C=O) groups excluding carboxylic acids is 1. The Kier molecular flexibility index (Phi) is 3.96. The van der Waals surface area contributed by atoms with E-state index in [1.807, 2.05) is 0 Å². The van der Waals surface area contributed by atoms with Crippen LogP contribution in [0.3, 0.4) is 0 Å². The van der Waals surface area contributed by atoms with Crippen molar-refractivity contribution in [2.24, 2.45) is 7.05 Å². The summed E-state index contributed by atoms with van der Waals surface area (Å²) in [5.41, 5.74) is -0.0548. The van der Waals surface area contributed by atoms with Crippen LogP contribution in [-0.2, 0) is 7.05 Å². The van der Waals surface area contributed by atoms with E-state index in [1.165, 1.54) is 24.7 Å². The maximum atomic E-state index is 12.0. The van der Waals surface area contributed by atoms with Crippen molar-refractivity contribution in [2.45, 2.75) is 0 Å². The minimum atomic E-state index is -1.24. The average Bonchev–Trinajstić information content (AvgIpc) is 2.78. The number of aromatic nitrogens is 2. The summed E-state index contributed by atoms with van der Waals surface area (Å²) < 4.78 is 1.59. The van der Waals surface area contributed by atoms with Crippen LogP contribution in [0, 0.1) is 0 Å². The number of nitrogens with one attached hydrogen (secondary N) is 1. The van der Waals surface area contributed by atoms with E-state index in [2.05, 4.69) is 10.3 Å². The number of aryl methyl sites for hydroxylation is 1. The Hall–Kier alpha value is -2.05. The Labute approximate surface area is 123 Å². The third-order valence-electron chi connectivity index (χ3n) is 2.46. The molecule has 20 heavy (non-hydrogen) atoms. The fourth-order valence-corrected chi connectivity index (χ4v) is 2.12. The lowest BCUT2D eigenvalue weighted by molar-refractivity contribution is 0.0698. The first-order valence-electron chi connectivity index (χ1n) is 5.40. The number of amides is 1.